The number of nitrogens with zero attached hydrogens (tertiary/aromatic N) is 1. The van der Waals surface area contributed by atoms with Crippen LogP contribution in [0, 0.1) is 6.92 Å². The Kier molecular flexibility index (Phi) is 3.67. The lowest BCUT2D eigenvalue weighted by atomic mass is 10.0. The fourth-order valence-corrected chi connectivity index (χ4v) is 2.20. The molecule has 1 N–H and O–H groups in total. The van der Waals surface area contributed by atoms with Crippen LogP contribution in [0.5, 0.6) is 0 Å². The van der Waals surface area contributed by atoms with Gasteiger partial charge in [-0.2, -0.15) is 0 Å². The maximum Gasteiger partial charge on any atom is 0.0774 e. The highest BCUT2D eigenvalue weighted by Crippen LogP contribution is 2.32. The number of hydrogen-bond donors (Lipinski definition) is 1. The number of benzene rings is 1. The third-order valence-corrected chi connectivity index (χ3v) is 3.18. The Morgan fingerprint density at radius 2 is 2.00 bits per heavy atom. The van der Waals surface area contributed by atoms with E-state index in [-0.39, 0.29) is 6.61 Å². The molecule has 0 spiro atoms. The molecular formula is C13H11Cl2NO. The van der Waals surface area contributed by atoms with Gasteiger partial charge in [-0.25, -0.2) is 0 Å². The molecule has 17 heavy (non-hydrogen) atoms. The summed E-state index contributed by atoms with van der Waals surface area (Å²) in [7, 11) is 0. The second-order valence-electron chi connectivity index (χ2n) is 3.74. The second-order valence-corrected chi connectivity index (χ2v) is 4.58. The normalized spacial score (nSPS) is 10.6. The van der Waals surface area contributed by atoms with Gasteiger partial charge in [-0.1, -0.05) is 23.2 Å². The van der Waals surface area contributed by atoms with Gasteiger partial charge >= 0.3 is 0 Å². The van der Waals surface area contributed by atoms with Crippen molar-refractivity contribution in [1.82, 2.24) is 4.98 Å². The Balaban J connectivity index is 2.64. The second kappa shape index (κ2) is 5.05. The quantitative estimate of drug-likeness (QED) is 0.897. The summed E-state index contributed by atoms with van der Waals surface area (Å²) in [5, 5.41) is 10.5. The van der Waals surface area contributed by atoms with Crippen molar-refractivity contribution < 1.29 is 5.11 Å². The predicted octanol–water partition coefficient (Wildman–Crippen LogP) is 3.86. The summed E-state index contributed by atoms with van der Waals surface area (Å²) in [4.78, 5) is 4.28. The first-order valence-electron chi connectivity index (χ1n) is 5.14. The maximum absolute atomic E-state index is 9.40. The number of aryl methyl sites for hydroxylation is 1. The molecule has 1 aromatic heterocycles. The van der Waals surface area contributed by atoms with Crippen LogP contribution in [0.1, 0.15) is 11.1 Å². The van der Waals surface area contributed by atoms with Gasteiger partial charge in [0.05, 0.1) is 17.3 Å². The Hall–Kier alpha value is -1.09. The van der Waals surface area contributed by atoms with Crippen LogP contribution in [0.2, 0.25) is 10.0 Å². The van der Waals surface area contributed by atoms with Gasteiger partial charge in [-0.15, -0.1) is 0 Å². The standard InChI is InChI=1S/C13H11Cl2NO/c1-8-4-5-16-13(11(8)7-17)10-3-2-9(14)6-12(10)15/h2-6,17H,7H2,1H3. The zero-order valence-corrected chi connectivity index (χ0v) is 10.8. The molecule has 2 rings (SSSR count). The van der Waals surface area contributed by atoms with E-state index in [2.05, 4.69) is 4.98 Å². The van der Waals surface area contributed by atoms with Crippen molar-refractivity contribution in [2.24, 2.45) is 0 Å². The summed E-state index contributed by atoms with van der Waals surface area (Å²) in [6.45, 7) is 1.87. The maximum atomic E-state index is 9.40. The molecule has 0 unspecified atom stereocenters. The van der Waals surface area contributed by atoms with E-state index in [1.54, 1.807) is 18.3 Å². The highest BCUT2D eigenvalue weighted by atomic mass is 35.5. The first-order chi connectivity index (χ1) is 8.13. The minimum absolute atomic E-state index is 0.0615. The zero-order chi connectivity index (χ0) is 12.4. The third kappa shape index (κ3) is 2.44. The summed E-state index contributed by atoms with van der Waals surface area (Å²) < 4.78 is 0. The average Bonchev–Trinajstić information content (AvgIpc) is 2.29. The molecular weight excluding hydrogens is 257 g/mol. The SMILES string of the molecule is Cc1ccnc(-c2ccc(Cl)cc2Cl)c1CO. The van der Waals surface area contributed by atoms with E-state index in [0.717, 1.165) is 16.7 Å². The topological polar surface area (TPSA) is 33.1 Å². The lowest BCUT2D eigenvalue weighted by molar-refractivity contribution is 0.281. The molecule has 0 aliphatic carbocycles. The molecule has 0 radical (unpaired) electrons. The van der Waals surface area contributed by atoms with Crippen molar-refractivity contribution >= 4 is 23.2 Å². The Morgan fingerprint density at radius 1 is 1.24 bits per heavy atom. The highest BCUT2D eigenvalue weighted by molar-refractivity contribution is 6.36. The van der Waals surface area contributed by atoms with Gasteiger partial charge in [0.2, 0.25) is 0 Å². The smallest absolute Gasteiger partial charge is 0.0774 e. The van der Waals surface area contributed by atoms with Crippen LogP contribution in [0.25, 0.3) is 11.3 Å². The monoisotopic (exact) mass is 267 g/mol. The molecule has 1 heterocycles. The Bertz CT molecular complexity index is 555. The lowest BCUT2D eigenvalue weighted by Gasteiger charge is -2.10. The van der Waals surface area contributed by atoms with Crippen LogP contribution in [0.15, 0.2) is 30.5 Å². The van der Waals surface area contributed by atoms with E-state index < -0.39 is 0 Å². The molecule has 0 aliphatic rings. The van der Waals surface area contributed by atoms with Crippen molar-refractivity contribution in [3.05, 3.63) is 51.6 Å². The van der Waals surface area contributed by atoms with Gasteiger partial charge in [-0.3, -0.25) is 4.98 Å². The number of pyridine rings is 1. The molecule has 4 heteroatoms. The van der Waals surface area contributed by atoms with Crippen LogP contribution >= 0.6 is 23.2 Å². The lowest BCUT2D eigenvalue weighted by Crippen LogP contribution is -1.96. The fourth-order valence-electron chi connectivity index (χ4n) is 1.70. The van der Waals surface area contributed by atoms with Crippen LogP contribution < -0.4 is 0 Å². The first kappa shape index (κ1) is 12.4. The van der Waals surface area contributed by atoms with Crippen LogP contribution in [0.3, 0.4) is 0 Å². The molecule has 1 aromatic carbocycles. The molecule has 2 aromatic rings. The van der Waals surface area contributed by atoms with Gasteiger partial charge in [0.25, 0.3) is 0 Å². The molecule has 0 atom stereocenters. The molecule has 2 nitrogen and oxygen atoms in total. The summed E-state index contributed by atoms with van der Waals surface area (Å²) in [6, 6.07) is 7.10. The largest absolute Gasteiger partial charge is 0.392 e. The number of aliphatic hydroxyl groups excluding tert-OH is 1. The van der Waals surface area contributed by atoms with Crippen LogP contribution in [-0.4, -0.2) is 10.1 Å². The number of aliphatic hydroxyl groups is 1. The van der Waals surface area contributed by atoms with E-state index in [0.29, 0.717) is 15.7 Å². The number of hydrogen-bond acceptors (Lipinski definition) is 2. The molecule has 88 valence electrons. The van der Waals surface area contributed by atoms with E-state index in [4.69, 9.17) is 23.2 Å². The molecule has 0 fully saturated rings. The number of halogens is 2. The summed E-state index contributed by atoms with van der Waals surface area (Å²) in [6.07, 6.45) is 1.70. The minimum Gasteiger partial charge on any atom is -0.392 e. The summed E-state index contributed by atoms with van der Waals surface area (Å²) in [5.74, 6) is 0. The summed E-state index contributed by atoms with van der Waals surface area (Å²) >= 11 is 12.0. The van der Waals surface area contributed by atoms with Crippen molar-refractivity contribution in [2.45, 2.75) is 13.5 Å². The third-order valence-electron chi connectivity index (χ3n) is 2.63. The van der Waals surface area contributed by atoms with E-state index in [9.17, 15) is 5.11 Å². The van der Waals surface area contributed by atoms with Gasteiger partial charge in [0.1, 0.15) is 0 Å². The Morgan fingerprint density at radius 3 is 2.65 bits per heavy atom. The zero-order valence-electron chi connectivity index (χ0n) is 9.24. The molecule has 0 saturated carbocycles. The molecule has 0 amide bonds. The number of rotatable bonds is 2. The van der Waals surface area contributed by atoms with Gasteiger partial charge in [0.15, 0.2) is 0 Å². The minimum atomic E-state index is -0.0615. The average molecular weight is 268 g/mol. The predicted molar refractivity (Wildman–Crippen MR) is 70.4 cm³/mol. The number of aromatic nitrogens is 1. The molecule has 0 bridgehead atoms. The van der Waals surface area contributed by atoms with E-state index in [1.807, 2.05) is 19.1 Å². The van der Waals surface area contributed by atoms with Crippen molar-refractivity contribution in [1.29, 1.82) is 0 Å². The highest BCUT2D eigenvalue weighted by Gasteiger charge is 2.11. The van der Waals surface area contributed by atoms with Gasteiger partial charge in [-0.05, 0) is 36.8 Å². The van der Waals surface area contributed by atoms with Crippen LogP contribution in [-0.2, 0) is 6.61 Å². The van der Waals surface area contributed by atoms with Gasteiger partial charge < -0.3 is 5.11 Å². The van der Waals surface area contributed by atoms with Crippen molar-refractivity contribution in [3.63, 3.8) is 0 Å². The fraction of sp³-hybridized carbons (Fsp3) is 0.154. The Labute approximate surface area is 110 Å². The van der Waals surface area contributed by atoms with Gasteiger partial charge in [0, 0.05) is 22.3 Å². The molecule has 0 saturated heterocycles. The first-order valence-corrected chi connectivity index (χ1v) is 5.90. The summed E-state index contributed by atoms with van der Waals surface area (Å²) in [5.41, 5.74) is 3.26. The van der Waals surface area contributed by atoms with E-state index >= 15 is 0 Å². The van der Waals surface area contributed by atoms with E-state index in [1.165, 1.54) is 0 Å². The molecule has 0 aliphatic heterocycles. The van der Waals surface area contributed by atoms with Crippen molar-refractivity contribution in [2.75, 3.05) is 0 Å². The van der Waals surface area contributed by atoms with Crippen LogP contribution in [0.4, 0.5) is 0 Å². The van der Waals surface area contributed by atoms with Crippen molar-refractivity contribution in [3.8, 4) is 11.3 Å².